The summed E-state index contributed by atoms with van der Waals surface area (Å²) in [7, 11) is 0. The SMILES string of the molecule is c1ccc(-c2ccccc2-c2ccccc2-c2ccccc2N(c2ccc(-c3cccc4c5ccccc5n(-c5ccccc5)c34)cc2)c2cccc3oc4ccccc4c23)cc1. The van der Waals surface area contributed by atoms with Crippen LogP contribution in [0.15, 0.2) is 247 Å². The summed E-state index contributed by atoms with van der Waals surface area (Å²) >= 11 is 0. The van der Waals surface area contributed by atoms with Gasteiger partial charge in [0.05, 0.1) is 27.8 Å². The third-order valence-corrected chi connectivity index (χ3v) is 12.4. The largest absolute Gasteiger partial charge is 0.456 e. The van der Waals surface area contributed by atoms with Crippen LogP contribution < -0.4 is 4.90 Å². The molecular weight excluding hydrogens is 765 g/mol. The van der Waals surface area contributed by atoms with E-state index in [1.54, 1.807) is 0 Å². The van der Waals surface area contributed by atoms with Crippen LogP contribution in [-0.2, 0) is 0 Å². The first kappa shape index (κ1) is 36.5. The van der Waals surface area contributed by atoms with Gasteiger partial charge < -0.3 is 13.9 Å². The highest BCUT2D eigenvalue weighted by molar-refractivity contribution is 6.15. The molecular formula is C60H40N2O. The molecule has 0 N–H and O–H groups in total. The van der Waals surface area contributed by atoms with Gasteiger partial charge in [-0.2, -0.15) is 0 Å². The Bertz CT molecular complexity index is 3620. The van der Waals surface area contributed by atoms with Crippen molar-refractivity contribution < 1.29 is 4.42 Å². The van der Waals surface area contributed by atoms with E-state index >= 15 is 0 Å². The van der Waals surface area contributed by atoms with E-state index in [-0.39, 0.29) is 0 Å². The van der Waals surface area contributed by atoms with Gasteiger partial charge in [0.1, 0.15) is 11.2 Å². The van der Waals surface area contributed by atoms with Gasteiger partial charge in [-0.15, -0.1) is 0 Å². The van der Waals surface area contributed by atoms with Crippen LogP contribution in [0, 0.1) is 0 Å². The number of hydrogen-bond donors (Lipinski definition) is 0. The number of hydrogen-bond acceptors (Lipinski definition) is 2. The van der Waals surface area contributed by atoms with Gasteiger partial charge in [-0.1, -0.05) is 188 Å². The van der Waals surface area contributed by atoms with Crippen molar-refractivity contribution in [3.8, 4) is 50.2 Å². The van der Waals surface area contributed by atoms with Crippen LogP contribution in [0.25, 0.3) is 93.9 Å². The van der Waals surface area contributed by atoms with Gasteiger partial charge in [-0.3, -0.25) is 0 Å². The number of furan rings is 1. The number of anilines is 3. The van der Waals surface area contributed by atoms with Crippen molar-refractivity contribution >= 4 is 60.8 Å². The number of aromatic nitrogens is 1. The maximum Gasteiger partial charge on any atom is 0.137 e. The van der Waals surface area contributed by atoms with Crippen molar-refractivity contribution in [2.75, 3.05) is 4.90 Å². The highest BCUT2D eigenvalue weighted by atomic mass is 16.3. The molecule has 0 bridgehead atoms. The van der Waals surface area contributed by atoms with Crippen molar-refractivity contribution in [3.05, 3.63) is 243 Å². The van der Waals surface area contributed by atoms with Crippen LogP contribution >= 0.6 is 0 Å². The molecule has 0 aliphatic carbocycles. The lowest BCUT2D eigenvalue weighted by molar-refractivity contribution is 0.669. The molecule has 0 radical (unpaired) electrons. The summed E-state index contributed by atoms with van der Waals surface area (Å²) in [6, 6.07) is 87.1. The van der Waals surface area contributed by atoms with Crippen LogP contribution in [-0.4, -0.2) is 4.57 Å². The predicted molar refractivity (Wildman–Crippen MR) is 264 cm³/mol. The topological polar surface area (TPSA) is 21.3 Å². The minimum absolute atomic E-state index is 0.852. The Labute approximate surface area is 366 Å². The van der Waals surface area contributed by atoms with Gasteiger partial charge in [0.15, 0.2) is 0 Å². The molecule has 2 aromatic heterocycles. The first-order valence-electron chi connectivity index (χ1n) is 21.5. The van der Waals surface area contributed by atoms with Gasteiger partial charge in [-0.25, -0.2) is 0 Å². The monoisotopic (exact) mass is 804 g/mol. The second-order valence-electron chi connectivity index (χ2n) is 16.0. The molecule has 63 heavy (non-hydrogen) atoms. The Morgan fingerprint density at radius 3 is 1.60 bits per heavy atom. The molecule has 0 aliphatic rings. The lowest BCUT2D eigenvalue weighted by Gasteiger charge is -2.29. The third kappa shape index (κ3) is 6.13. The second-order valence-corrected chi connectivity index (χ2v) is 16.0. The summed E-state index contributed by atoms with van der Waals surface area (Å²) in [5, 5.41) is 4.63. The van der Waals surface area contributed by atoms with Crippen LogP contribution in [0.3, 0.4) is 0 Å². The molecule has 296 valence electrons. The normalized spacial score (nSPS) is 11.5. The van der Waals surface area contributed by atoms with Crippen LogP contribution in [0.5, 0.6) is 0 Å². The molecule has 0 spiro atoms. The minimum Gasteiger partial charge on any atom is -0.456 e. The smallest absolute Gasteiger partial charge is 0.137 e. The minimum atomic E-state index is 0.852. The molecule has 0 aliphatic heterocycles. The Hall–Kier alpha value is -8.40. The average molecular weight is 805 g/mol. The van der Waals surface area contributed by atoms with Crippen molar-refractivity contribution in [2.24, 2.45) is 0 Å². The van der Waals surface area contributed by atoms with Crippen molar-refractivity contribution in [1.82, 2.24) is 4.57 Å². The van der Waals surface area contributed by atoms with Crippen molar-refractivity contribution in [1.29, 1.82) is 0 Å². The van der Waals surface area contributed by atoms with E-state index in [1.165, 1.54) is 49.6 Å². The Morgan fingerprint density at radius 1 is 0.317 bits per heavy atom. The molecule has 0 fully saturated rings. The van der Waals surface area contributed by atoms with Gasteiger partial charge in [0.2, 0.25) is 0 Å². The highest BCUT2D eigenvalue weighted by Crippen LogP contribution is 2.48. The van der Waals surface area contributed by atoms with Gasteiger partial charge in [0.25, 0.3) is 0 Å². The lowest BCUT2D eigenvalue weighted by atomic mass is 9.88. The Kier molecular flexibility index (Phi) is 8.83. The van der Waals surface area contributed by atoms with Gasteiger partial charge >= 0.3 is 0 Å². The fraction of sp³-hybridized carbons (Fsp3) is 0. The summed E-state index contributed by atoms with van der Waals surface area (Å²) in [5.74, 6) is 0. The average Bonchev–Trinajstić information content (AvgIpc) is 3.92. The molecule has 0 amide bonds. The Morgan fingerprint density at radius 2 is 0.825 bits per heavy atom. The molecule has 0 atom stereocenters. The van der Waals surface area contributed by atoms with Crippen LogP contribution in [0.1, 0.15) is 0 Å². The number of benzene rings is 10. The van der Waals surface area contributed by atoms with E-state index in [9.17, 15) is 0 Å². The molecule has 0 unspecified atom stereocenters. The van der Waals surface area contributed by atoms with Gasteiger partial charge in [-0.05, 0) is 88.0 Å². The van der Waals surface area contributed by atoms with E-state index < -0.39 is 0 Å². The fourth-order valence-electron chi connectivity index (χ4n) is 9.67. The molecule has 0 saturated carbocycles. The van der Waals surface area contributed by atoms with E-state index in [0.717, 1.165) is 61.4 Å². The summed E-state index contributed by atoms with van der Waals surface area (Å²) in [5.41, 5.74) is 17.8. The summed E-state index contributed by atoms with van der Waals surface area (Å²) in [6.45, 7) is 0. The maximum absolute atomic E-state index is 6.52. The first-order chi connectivity index (χ1) is 31.3. The number of nitrogens with zero attached hydrogens (tertiary/aromatic N) is 2. The summed E-state index contributed by atoms with van der Waals surface area (Å²) < 4.78 is 8.93. The predicted octanol–water partition coefficient (Wildman–Crippen LogP) is 16.8. The van der Waals surface area contributed by atoms with Gasteiger partial charge in [0, 0.05) is 38.7 Å². The molecule has 0 saturated heterocycles. The second kappa shape index (κ2) is 15.3. The van der Waals surface area contributed by atoms with E-state index in [2.05, 4.69) is 246 Å². The maximum atomic E-state index is 6.52. The molecule has 3 heteroatoms. The molecule has 3 nitrogen and oxygen atoms in total. The van der Waals surface area contributed by atoms with E-state index in [0.29, 0.717) is 0 Å². The van der Waals surface area contributed by atoms with Crippen LogP contribution in [0.4, 0.5) is 17.1 Å². The molecule has 12 aromatic rings. The van der Waals surface area contributed by atoms with E-state index in [1.807, 2.05) is 6.07 Å². The first-order valence-corrected chi connectivity index (χ1v) is 21.5. The van der Waals surface area contributed by atoms with E-state index in [4.69, 9.17) is 4.42 Å². The van der Waals surface area contributed by atoms with Crippen molar-refractivity contribution in [2.45, 2.75) is 0 Å². The third-order valence-electron chi connectivity index (χ3n) is 12.4. The fourth-order valence-corrected chi connectivity index (χ4v) is 9.67. The Balaban J connectivity index is 1.07. The quantitative estimate of drug-likeness (QED) is 0.153. The molecule has 10 aromatic carbocycles. The molecule has 2 heterocycles. The van der Waals surface area contributed by atoms with Crippen LogP contribution in [0.2, 0.25) is 0 Å². The zero-order valence-corrected chi connectivity index (χ0v) is 34.4. The lowest BCUT2D eigenvalue weighted by Crippen LogP contribution is -2.11. The number of para-hydroxylation sites is 5. The summed E-state index contributed by atoms with van der Waals surface area (Å²) in [6.07, 6.45) is 0. The highest BCUT2D eigenvalue weighted by Gasteiger charge is 2.24. The standard InChI is InChI=1S/C60H40N2O/c1-3-19-41(20-4-1)45-23-7-8-24-47(45)48-25-9-10-26-49(48)50-27-11-14-32-54(50)61(56-34-18-36-58-59(56)53-29-13-16-35-57(53)63-58)44-39-37-42(38-40-44)46-30-17-31-52-51-28-12-15-33-55(51)62(60(46)52)43-21-5-2-6-22-43/h1-40H. The van der Waals surface area contributed by atoms with Crippen molar-refractivity contribution in [3.63, 3.8) is 0 Å². The zero-order valence-electron chi connectivity index (χ0n) is 34.4. The number of fused-ring (bicyclic) bond motifs is 6. The summed E-state index contributed by atoms with van der Waals surface area (Å²) in [4.78, 5) is 2.42. The number of rotatable bonds is 8. The molecule has 12 rings (SSSR count). The zero-order chi connectivity index (χ0) is 41.7.